The van der Waals surface area contributed by atoms with E-state index in [0.717, 1.165) is 119 Å². The molecule has 13 rings (SSSR count). The Morgan fingerprint density at radius 1 is 0.326 bits per heavy atom. The van der Waals surface area contributed by atoms with E-state index in [0.29, 0.717) is 43.1 Å². The Bertz CT molecular complexity index is 4520. The summed E-state index contributed by atoms with van der Waals surface area (Å²) in [6.07, 6.45) is 4.75. The molecule has 1 atom stereocenters. The van der Waals surface area contributed by atoms with E-state index in [9.17, 15) is 8.78 Å². The van der Waals surface area contributed by atoms with Crippen molar-refractivity contribution in [1.29, 1.82) is 0 Å². The zero-order chi connectivity index (χ0) is 60.8. The highest BCUT2D eigenvalue weighted by Crippen LogP contribution is 2.57. The lowest BCUT2D eigenvalue weighted by Crippen LogP contribution is -2.28. The summed E-state index contributed by atoms with van der Waals surface area (Å²) in [6.45, 7) is 8.40. The molecule has 434 valence electrons. The number of hydrogen-bond acceptors (Lipinski definition) is 4. The third kappa shape index (κ3) is 11.4. The van der Waals surface area contributed by atoms with Gasteiger partial charge in [0.05, 0.1) is 5.41 Å². The molecule has 0 radical (unpaired) electrons. The largest absolute Gasteiger partial charge is 0.490 e. The maximum Gasteiger partial charge on any atom is 0.160 e. The molecule has 12 aromatic rings. The summed E-state index contributed by atoms with van der Waals surface area (Å²) in [5, 5.41) is 0. The fourth-order valence-electron chi connectivity index (χ4n) is 12.5. The van der Waals surface area contributed by atoms with Gasteiger partial charge in [0.2, 0.25) is 0 Å². The van der Waals surface area contributed by atoms with Crippen molar-refractivity contribution in [2.45, 2.75) is 18.3 Å². The van der Waals surface area contributed by atoms with Gasteiger partial charge in [0.1, 0.15) is 24.7 Å². The molecule has 1 aliphatic carbocycles. The average Bonchev–Trinajstić information content (AvgIpc) is 1.63. The van der Waals surface area contributed by atoms with Crippen LogP contribution in [0.3, 0.4) is 0 Å². The molecule has 1 unspecified atom stereocenters. The van der Waals surface area contributed by atoms with Crippen molar-refractivity contribution in [2.75, 3.05) is 23.0 Å². The number of anilines is 6. The zero-order valence-corrected chi connectivity index (χ0v) is 48.7. The predicted molar refractivity (Wildman–Crippen MR) is 354 cm³/mol. The van der Waals surface area contributed by atoms with Gasteiger partial charge in [-0.05, 0) is 188 Å². The molecule has 89 heavy (non-hydrogen) atoms. The van der Waals surface area contributed by atoms with Crippen LogP contribution in [0.15, 0.2) is 304 Å². The van der Waals surface area contributed by atoms with E-state index in [-0.39, 0.29) is 0 Å². The molecule has 4 nitrogen and oxygen atoms in total. The molecule has 0 N–H and O–H groups in total. The van der Waals surface area contributed by atoms with Gasteiger partial charge in [-0.1, -0.05) is 195 Å². The zero-order valence-electron chi connectivity index (χ0n) is 48.7. The lowest BCUT2D eigenvalue weighted by Gasteiger charge is -2.35. The van der Waals surface area contributed by atoms with Gasteiger partial charge in [-0.2, -0.15) is 0 Å². The summed E-state index contributed by atoms with van der Waals surface area (Å²) in [4.78, 5) is 3.90. The van der Waals surface area contributed by atoms with Crippen molar-refractivity contribution in [3.8, 4) is 44.9 Å². The topological polar surface area (TPSA) is 24.9 Å². The number of nitrogens with zero attached hydrogens (tertiary/aromatic N) is 2. The highest BCUT2D eigenvalue weighted by Gasteiger charge is 2.46. The van der Waals surface area contributed by atoms with Crippen LogP contribution in [0, 0.1) is 23.3 Å². The molecular formula is C81H60F4N2O2. The van der Waals surface area contributed by atoms with Gasteiger partial charge in [-0.3, -0.25) is 0 Å². The molecule has 0 fully saturated rings. The lowest BCUT2D eigenvalue weighted by atomic mass is 9.67. The second-order valence-electron chi connectivity index (χ2n) is 22.1. The van der Waals surface area contributed by atoms with Gasteiger partial charge in [-0.15, -0.1) is 0 Å². The van der Waals surface area contributed by atoms with Crippen LogP contribution in [0.25, 0.3) is 33.4 Å². The number of fused-ring (bicyclic) bond motifs is 3. The van der Waals surface area contributed by atoms with Crippen LogP contribution in [0.2, 0.25) is 0 Å². The molecule has 0 spiro atoms. The third-order valence-corrected chi connectivity index (χ3v) is 16.6. The smallest absolute Gasteiger partial charge is 0.160 e. The van der Waals surface area contributed by atoms with E-state index in [1.54, 1.807) is 24.3 Å². The minimum Gasteiger partial charge on any atom is -0.490 e. The van der Waals surface area contributed by atoms with E-state index in [1.165, 1.54) is 12.1 Å². The van der Waals surface area contributed by atoms with Gasteiger partial charge in [-0.25, -0.2) is 17.6 Å². The Labute approximate surface area is 516 Å². The first-order chi connectivity index (χ1) is 43.7. The van der Waals surface area contributed by atoms with E-state index < -0.39 is 28.7 Å². The number of ether oxygens (including phenoxy) is 2. The molecule has 0 bridgehead atoms. The summed E-state index contributed by atoms with van der Waals surface area (Å²) in [7, 11) is 0. The van der Waals surface area contributed by atoms with E-state index >= 15 is 8.78 Å². The molecule has 0 saturated heterocycles. The second kappa shape index (κ2) is 25.2. The van der Waals surface area contributed by atoms with Crippen molar-refractivity contribution in [2.24, 2.45) is 0 Å². The summed E-state index contributed by atoms with van der Waals surface area (Å²) < 4.78 is 72.3. The molecule has 8 heteroatoms. The first-order valence-corrected chi connectivity index (χ1v) is 29.6. The fourth-order valence-corrected chi connectivity index (χ4v) is 12.5. The molecule has 0 amide bonds. The number of hydrogen-bond donors (Lipinski definition) is 0. The molecule has 0 aromatic heterocycles. The van der Waals surface area contributed by atoms with Gasteiger partial charge in [0.15, 0.2) is 23.3 Å². The summed E-state index contributed by atoms with van der Waals surface area (Å²) in [6, 6.07) is 90.7. The monoisotopic (exact) mass is 1170 g/mol. The Hall–Kier alpha value is -11.0. The van der Waals surface area contributed by atoms with Crippen LogP contribution in [-0.2, 0) is 18.3 Å². The summed E-state index contributed by atoms with van der Waals surface area (Å²) in [5.74, 6) is -2.31. The quantitative estimate of drug-likeness (QED) is 0.0561. The average molecular weight is 1170 g/mol. The minimum atomic E-state index is -0.967. The molecule has 1 aliphatic rings. The van der Waals surface area contributed by atoms with Crippen LogP contribution in [0.1, 0.15) is 44.5 Å². The molecular weight excluding hydrogens is 1110 g/mol. The summed E-state index contributed by atoms with van der Waals surface area (Å²) in [5.41, 5.74) is 17.9. The van der Waals surface area contributed by atoms with Gasteiger partial charge in [0, 0.05) is 46.3 Å². The van der Waals surface area contributed by atoms with Crippen molar-refractivity contribution in [3.05, 3.63) is 372 Å². The first kappa shape index (κ1) is 57.1. The molecule has 12 aromatic carbocycles. The maximum atomic E-state index is 15.5. The normalized spacial score (nSPS) is 13.0. The van der Waals surface area contributed by atoms with Crippen LogP contribution in [0.4, 0.5) is 51.7 Å². The number of rotatable bonds is 20. The summed E-state index contributed by atoms with van der Waals surface area (Å²) >= 11 is 0. The number of halogens is 4. The predicted octanol–water partition coefficient (Wildman–Crippen LogP) is 21.2. The Morgan fingerprint density at radius 3 is 1.31 bits per heavy atom. The van der Waals surface area contributed by atoms with Crippen molar-refractivity contribution >= 4 is 34.1 Å². The van der Waals surface area contributed by atoms with E-state index in [1.807, 2.05) is 119 Å². The van der Waals surface area contributed by atoms with Gasteiger partial charge in [0.25, 0.3) is 0 Å². The Morgan fingerprint density at radius 2 is 0.742 bits per heavy atom. The number of benzene rings is 12. The van der Waals surface area contributed by atoms with Crippen LogP contribution < -0.4 is 19.3 Å². The first-order valence-electron chi connectivity index (χ1n) is 29.6. The third-order valence-electron chi connectivity index (χ3n) is 16.6. The van der Waals surface area contributed by atoms with Crippen LogP contribution >= 0.6 is 0 Å². The Balaban J connectivity index is 0.868. The van der Waals surface area contributed by atoms with Crippen LogP contribution in [0.5, 0.6) is 11.5 Å². The van der Waals surface area contributed by atoms with Crippen molar-refractivity contribution in [1.82, 2.24) is 0 Å². The minimum absolute atomic E-state index is 0.378. The van der Waals surface area contributed by atoms with Crippen LogP contribution in [-0.4, -0.2) is 13.2 Å². The van der Waals surface area contributed by atoms with E-state index in [2.05, 4.69) is 147 Å². The Kier molecular flexibility index (Phi) is 16.2. The molecule has 0 aliphatic heterocycles. The highest BCUT2D eigenvalue weighted by molar-refractivity contribution is 5.90. The van der Waals surface area contributed by atoms with Gasteiger partial charge >= 0.3 is 0 Å². The van der Waals surface area contributed by atoms with Gasteiger partial charge < -0.3 is 19.3 Å². The standard InChI is InChI=1S/C81H60F4N2O2/c1-3-47-88-69-39-23-56(24-40-69)49-59-17-11-12-20-71(59)72-43-35-65(51-60(72)50-55-15-7-5-8-16-55)86(67-37-45-77(82)79(84)53-67)63-31-25-57(26-32-63)58-27-33-64(34-28-58)87(68-38-46-78(83)80(85)54-68)66-36-44-74-73-21-13-14-22-75(73)81(76(74)52-66,61-18-9-6-10-19-61)62-29-41-70(42-30-62)89-48-4-2/h3-46,51-54H,1-2,47-50H2. The maximum absolute atomic E-state index is 15.5. The van der Waals surface area contributed by atoms with Crippen molar-refractivity contribution < 1.29 is 27.0 Å². The highest BCUT2D eigenvalue weighted by atomic mass is 19.2. The molecule has 0 heterocycles. The molecule has 0 saturated carbocycles. The lowest BCUT2D eigenvalue weighted by molar-refractivity contribution is 0.363. The van der Waals surface area contributed by atoms with Crippen molar-refractivity contribution in [3.63, 3.8) is 0 Å². The SMILES string of the molecule is C=CCOc1ccc(Cc2ccccc2-c2ccc(N(c3ccc(-c4ccc(N(c5ccc(F)c(F)c5)c5ccc6c(c5)C(c5ccccc5)(c5ccc(OCC=C)cc5)c5ccccc5-6)cc4)cc3)c3ccc(F)c(F)c3)cc2Cc2ccccc2)cc1. The second-order valence-corrected chi connectivity index (χ2v) is 22.1. The van der Waals surface area contributed by atoms with E-state index in [4.69, 9.17) is 9.47 Å². The fraction of sp³-hybridized carbons (Fsp3) is 0.0617.